The number of anilines is 1. The fourth-order valence-electron chi connectivity index (χ4n) is 4.14. The first-order chi connectivity index (χ1) is 14.7. The van der Waals surface area contributed by atoms with Crippen LogP contribution in [-0.2, 0) is 9.59 Å². The molecule has 6 rings (SSSR count). The van der Waals surface area contributed by atoms with Crippen molar-refractivity contribution in [2.45, 2.75) is 16.8 Å². The molecule has 2 aliphatic rings. The minimum atomic E-state index is -0.558. The van der Waals surface area contributed by atoms with Gasteiger partial charge in [-0.15, -0.1) is 10.2 Å². The van der Waals surface area contributed by atoms with Crippen LogP contribution in [0.5, 0.6) is 0 Å². The van der Waals surface area contributed by atoms with E-state index in [1.807, 2.05) is 42.5 Å². The molecular weight excluding hydrogens is 396 g/mol. The zero-order valence-corrected chi connectivity index (χ0v) is 16.5. The van der Waals surface area contributed by atoms with Crippen molar-refractivity contribution in [1.29, 1.82) is 0 Å². The number of carbonyl (C=O) groups is 2. The highest BCUT2D eigenvalue weighted by molar-refractivity contribution is 8.00. The average Bonchev–Trinajstić information content (AvgIpc) is 3.24. The molecule has 1 aromatic heterocycles. The highest BCUT2D eigenvalue weighted by Gasteiger charge is 2.41. The van der Waals surface area contributed by atoms with E-state index in [4.69, 9.17) is 4.98 Å². The van der Waals surface area contributed by atoms with Crippen LogP contribution in [0.4, 0.5) is 5.69 Å². The lowest BCUT2D eigenvalue weighted by atomic mass is 10.0. The van der Waals surface area contributed by atoms with Crippen LogP contribution in [0.1, 0.15) is 6.42 Å². The molecule has 3 aromatic carbocycles. The van der Waals surface area contributed by atoms with Gasteiger partial charge >= 0.3 is 0 Å². The second-order valence-electron chi connectivity index (χ2n) is 7.21. The summed E-state index contributed by atoms with van der Waals surface area (Å²) in [6.45, 7) is 0. The molecule has 30 heavy (non-hydrogen) atoms. The summed E-state index contributed by atoms with van der Waals surface area (Å²) in [6, 6.07) is 21.2. The number of hydrogen-bond donors (Lipinski definition) is 0. The molecule has 1 aliphatic carbocycles. The summed E-state index contributed by atoms with van der Waals surface area (Å²) in [6.07, 6.45) is 0.120. The van der Waals surface area contributed by atoms with Crippen molar-refractivity contribution >= 4 is 40.0 Å². The number of carbonyl (C=O) groups excluding carboxylic acids is 2. The average molecular weight is 410 g/mol. The number of nitrogens with zero attached hydrogens (tertiary/aromatic N) is 4. The van der Waals surface area contributed by atoms with Gasteiger partial charge < -0.3 is 0 Å². The van der Waals surface area contributed by atoms with Gasteiger partial charge in [0.25, 0.3) is 0 Å². The van der Waals surface area contributed by atoms with E-state index in [-0.39, 0.29) is 18.2 Å². The van der Waals surface area contributed by atoms with Crippen LogP contribution in [0.3, 0.4) is 0 Å². The highest BCUT2D eigenvalue weighted by atomic mass is 32.2. The fourth-order valence-corrected chi connectivity index (χ4v) is 5.06. The minimum Gasteiger partial charge on any atom is -0.274 e. The van der Waals surface area contributed by atoms with Crippen LogP contribution in [-0.4, -0.2) is 32.2 Å². The Kier molecular flexibility index (Phi) is 3.73. The van der Waals surface area contributed by atoms with Crippen LogP contribution in [0.15, 0.2) is 71.9 Å². The van der Waals surface area contributed by atoms with Gasteiger partial charge in [-0.1, -0.05) is 66.4 Å². The van der Waals surface area contributed by atoms with Crippen molar-refractivity contribution in [3.05, 3.63) is 66.7 Å². The van der Waals surface area contributed by atoms with Crippen LogP contribution < -0.4 is 4.90 Å². The van der Waals surface area contributed by atoms with Gasteiger partial charge in [0.05, 0.1) is 5.69 Å². The predicted octanol–water partition coefficient (Wildman–Crippen LogP) is 4.10. The topological polar surface area (TPSA) is 76.0 Å². The van der Waals surface area contributed by atoms with Crippen LogP contribution in [0, 0.1) is 0 Å². The van der Waals surface area contributed by atoms with E-state index in [9.17, 15) is 9.59 Å². The zero-order valence-electron chi connectivity index (χ0n) is 15.6. The van der Waals surface area contributed by atoms with Gasteiger partial charge in [0, 0.05) is 22.9 Å². The quantitative estimate of drug-likeness (QED) is 0.417. The standard InChI is InChI=1S/C23H14N4O2S/c28-18-12-17(22(29)27(18)14-8-2-1-3-9-14)30-23-24-20-15-10-4-6-13-7-5-11-16(19(13)15)21(20)25-26-23/h1-11,17H,12H2. The maximum atomic E-state index is 12.9. The van der Waals surface area contributed by atoms with Gasteiger partial charge in [-0.2, -0.15) is 0 Å². The molecule has 7 heteroatoms. The van der Waals surface area contributed by atoms with Gasteiger partial charge in [0.15, 0.2) is 0 Å². The summed E-state index contributed by atoms with van der Waals surface area (Å²) in [5, 5.41) is 10.8. The number of thioether (sulfide) groups is 1. The largest absolute Gasteiger partial charge is 0.274 e. The number of para-hydroxylation sites is 1. The van der Waals surface area contributed by atoms with E-state index in [2.05, 4.69) is 22.3 Å². The van der Waals surface area contributed by atoms with Gasteiger partial charge in [0.2, 0.25) is 17.0 Å². The molecule has 1 atom stereocenters. The molecule has 6 nitrogen and oxygen atoms in total. The summed E-state index contributed by atoms with van der Waals surface area (Å²) in [5.74, 6) is -0.458. The Morgan fingerprint density at radius 2 is 1.57 bits per heavy atom. The number of aromatic nitrogens is 3. The number of amides is 2. The molecule has 2 heterocycles. The molecule has 1 saturated heterocycles. The molecule has 4 aromatic rings. The second-order valence-corrected chi connectivity index (χ2v) is 8.38. The molecule has 0 N–H and O–H groups in total. The number of benzene rings is 3. The van der Waals surface area contributed by atoms with Gasteiger partial charge in [-0.05, 0) is 17.5 Å². The first-order valence-electron chi connectivity index (χ1n) is 9.56. The van der Waals surface area contributed by atoms with Crippen molar-refractivity contribution < 1.29 is 9.59 Å². The highest BCUT2D eigenvalue weighted by Crippen LogP contribution is 2.45. The number of fused-ring (bicyclic) bond motifs is 3. The van der Waals surface area contributed by atoms with Crippen molar-refractivity contribution in [3.63, 3.8) is 0 Å². The summed E-state index contributed by atoms with van der Waals surface area (Å²) in [7, 11) is 0. The lowest BCUT2D eigenvalue weighted by molar-refractivity contribution is -0.121. The molecule has 1 aliphatic heterocycles. The number of hydrogen-bond acceptors (Lipinski definition) is 6. The van der Waals surface area contributed by atoms with E-state index in [1.54, 1.807) is 12.1 Å². The van der Waals surface area contributed by atoms with Crippen molar-refractivity contribution in [2.24, 2.45) is 0 Å². The predicted molar refractivity (Wildman–Crippen MR) is 115 cm³/mol. The Bertz CT molecular complexity index is 1350. The third-order valence-corrected chi connectivity index (χ3v) is 6.49. The summed E-state index contributed by atoms with van der Waals surface area (Å²) >= 11 is 1.20. The Morgan fingerprint density at radius 3 is 2.33 bits per heavy atom. The monoisotopic (exact) mass is 410 g/mol. The van der Waals surface area contributed by atoms with Crippen LogP contribution in [0.2, 0.25) is 0 Å². The second kappa shape index (κ2) is 6.47. The third-order valence-electron chi connectivity index (χ3n) is 5.45. The maximum absolute atomic E-state index is 12.9. The summed E-state index contributed by atoms with van der Waals surface area (Å²) < 4.78 is 0. The third kappa shape index (κ3) is 2.48. The van der Waals surface area contributed by atoms with Gasteiger partial charge in [-0.3, -0.25) is 9.59 Å². The summed E-state index contributed by atoms with van der Waals surface area (Å²) in [4.78, 5) is 31.3. The molecule has 1 unspecified atom stereocenters. The normalized spacial score (nSPS) is 17.1. The Morgan fingerprint density at radius 1 is 0.833 bits per heavy atom. The lowest BCUT2D eigenvalue weighted by Crippen LogP contribution is -2.31. The van der Waals surface area contributed by atoms with Crippen molar-refractivity contribution in [3.8, 4) is 22.5 Å². The molecule has 0 radical (unpaired) electrons. The van der Waals surface area contributed by atoms with Crippen molar-refractivity contribution in [2.75, 3.05) is 4.90 Å². The lowest BCUT2D eigenvalue weighted by Gasteiger charge is -2.14. The molecule has 0 spiro atoms. The zero-order chi connectivity index (χ0) is 20.2. The van der Waals surface area contributed by atoms with Crippen molar-refractivity contribution in [1.82, 2.24) is 15.2 Å². The molecule has 144 valence electrons. The number of rotatable bonds is 3. The Hall–Kier alpha value is -3.58. The smallest absolute Gasteiger partial charge is 0.247 e. The Balaban J connectivity index is 1.34. The van der Waals surface area contributed by atoms with Crippen LogP contribution >= 0.6 is 11.8 Å². The molecular formula is C23H14N4O2S. The summed E-state index contributed by atoms with van der Waals surface area (Å²) in [5.41, 5.74) is 4.17. The SMILES string of the molecule is O=C1CC(Sc2nnc3c(n2)-c2cccc4cccc-3c24)C(=O)N1c1ccccc1. The number of imide groups is 1. The molecule has 2 amide bonds. The first-order valence-corrected chi connectivity index (χ1v) is 10.4. The van der Waals surface area contributed by atoms with E-state index < -0.39 is 5.25 Å². The van der Waals surface area contributed by atoms with E-state index >= 15 is 0 Å². The molecule has 0 bridgehead atoms. The Labute approximate surface area is 176 Å². The van der Waals surface area contributed by atoms with E-state index in [0.29, 0.717) is 10.8 Å². The fraction of sp³-hybridized carbons (Fsp3) is 0.0870. The molecule has 0 saturated carbocycles. The molecule has 1 fully saturated rings. The van der Waals surface area contributed by atoms with Gasteiger partial charge in [0.1, 0.15) is 16.6 Å². The van der Waals surface area contributed by atoms with Gasteiger partial charge in [-0.25, -0.2) is 9.88 Å². The minimum absolute atomic E-state index is 0.120. The van der Waals surface area contributed by atoms with E-state index in [1.165, 1.54) is 16.7 Å². The first kappa shape index (κ1) is 17.3. The maximum Gasteiger partial charge on any atom is 0.247 e. The van der Waals surface area contributed by atoms with Crippen LogP contribution in [0.25, 0.3) is 33.3 Å². The van der Waals surface area contributed by atoms with E-state index in [0.717, 1.165) is 33.3 Å².